The highest BCUT2D eigenvalue weighted by Gasteiger charge is 2.49. The molecule has 2 fully saturated rings. The number of amides is 1. The number of halogens is 1. The molecule has 1 saturated carbocycles. The molecule has 2 N–H and O–H groups in total. The van der Waals surface area contributed by atoms with Gasteiger partial charge in [-0.1, -0.05) is 6.07 Å². The minimum absolute atomic E-state index is 0.0221. The first-order chi connectivity index (χ1) is 19.3. The molecular formula is C28H32FN9O2. The Labute approximate surface area is 231 Å². The molecule has 0 unspecified atom stereocenters. The van der Waals surface area contributed by atoms with Crippen molar-refractivity contribution in [1.29, 1.82) is 0 Å². The molecule has 5 heterocycles. The number of hydrogen-bond acceptors (Lipinski definition) is 8. The molecule has 6 rings (SSSR count). The van der Waals surface area contributed by atoms with Crippen LogP contribution in [-0.2, 0) is 9.53 Å². The zero-order valence-electron chi connectivity index (χ0n) is 22.8. The molecule has 2 aliphatic rings. The topological polar surface area (TPSA) is 127 Å². The number of aromatic amines is 1. The number of rotatable bonds is 6. The fourth-order valence-corrected chi connectivity index (χ4v) is 5.65. The number of H-pyrrole nitrogens is 1. The number of ether oxygens (including phenoxy) is 1. The van der Waals surface area contributed by atoms with Crippen LogP contribution in [0, 0.1) is 19.7 Å². The molecule has 40 heavy (non-hydrogen) atoms. The average molecular weight is 546 g/mol. The van der Waals surface area contributed by atoms with Crippen LogP contribution in [0.2, 0.25) is 0 Å². The number of aromatic nitrogens is 7. The Morgan fingerprint density at radius 1 is 1.18 bits per heavy atom. The van der Waals surface area contributed by atoms with Crippen molar-refractivity contribution in [2.24, 2.45) is 0 Å². The maximum Gasteiger partial charge on any atom is 0.255 e. The van der Waals surface area contributed by atoms with Crippen LogP contribution in [0.5, 0.6) is 0 Å². The third kappa shape index (κ3) is 4.94. The standard InChI is InChI=1S/C28H32FN9O2/c1-17-12-24(36-35-17)34-23-15-31-26(33-18(23)2)20-6-8-28(9-7-20)27(39)37(10-11-40-28)19(3)21-4-5-25(30-13-21)38-16-22(29)14-32-38/h4-5,12-16,19-20H,6-11H2,1-3H3,(H2,34,35,36)/t19-,20-,28+/m0/s1. The van der Waals surface area contributed by atoms with Crippen molar-refractivity contribution < 1.29 is 13.9 Å². The molecule has 0 radical (unpaired) electrons. The second kappa shape index (κ2) is 10.4. The minimum atomic E-state index is -0.822. The number of pyridine rings is 1. The molecule has 208 valence electrons. The van der Waals surface area contributed by atoms with E-state index in [1.54, 1.807) is 18.5 Å². The molecule has 12 heteroatoms. The molecule has 0 bridgehead atoms. The third-order valence-corrected chi connectivity index (χ3v) is 7.99. The van der Waals surface area contributed by atoms with Gasteiger partial charge in [0.15, 0.2) is 17.5 Å². The summed E-state index contributed by atoms with van der Waals surface area (Å²) in [7, 11) is 0. The summed E-state index contributed by atoms with van der Waals surface area (Å²) in [6, 6.07) is 5.44. The summed E-state index contributed by atoms with van der Waals surface area (Å²) >= 11 is 0. The summed E-state index contributed by atoms with van der Waals surface area (Å²) in [5, 5.41) is 14.3. The van der Waals surface area contributed by atoms with Crippen LogP contribution in [0.4, 0.5) is 15.9 Å². The van der Waals surface area contributed by atoms with Gasteiger partial charge in [0, 0.05) is 30.4 Å². The predicted molar refractivity (Wildman–Crippen MR) is 145 cm³/mol. The van der Waals surface area contributed by atoms with Gasteiger partial charge in [-0.05, 0) is 58.1 Å². The minimum Gasteiger partial charge on any atom is -0.363 e. The first kappa shape index (κ1) is 26.1. The second-order valence-corrected chi connectivity index (χ2v) is 10.6. The molecule has 4 aromatic heterocycles. The van der Waals surface area contributed by atoms with Gasteiger partial charge in [-0.15, -0.1) is 0 Å². The first-order valence-electron chi connectivity index (χ1n) is 13.6. The summed E-state index contributed by atoms with van der Waals surface area (Å²) in [6.07, 6.45) is 8.73. The zero-order valence-corrected chi connectivity index (χ0v) is 22.8. The van der Waals surface area contributed by atoms with Gasteiger partial charge in [0.05, 0.1) is 42.6 Å². The maximum atomic E-state index is 13.8. The van der Waals surface area contributed by atoms with E-state index in [0.29, 0.717) is 31.8 Å². The summed E-state index contributed by atoms with van der Waals surface area (Å²) in [4.78, 5) is 29.6. The van der Waals surface area contributed by atoms with E-state index < -0.39 is 11.4 Å². The number of anilines is 2. The van der Waals surface area contributed by atoms with E-state index in [2.05, 4.69) is 30.6 Å². The Balaban J connectivity index is 1.11. The maximum absolute atomic E-state index is 13.8. The quantitative estimate of drug-likeness (QED) is 0.367. The number of nitrogens with one attached hydrogen (secondary N) is 2. The summed E-state index contributed by atoms with van der Waals surface area (Å²) < 4.78 is 20.9. The monoisotopic (exact) mass is 545 g/mol. The molecule has 11 nitrogen and oxygen atoms in total. The van der Waals surface area contributed by atoms with E-state index >= 15 is 0 Å². The predicted octanol–water partition coefficient (Wildman–Crippen LogP) is 4.30. The van der Waals surface area contributed by atoms with Crippen LogP contribution in [0.1, 0.15) is 67.3 Å². The number of morpholine rings is 1. The molecule has 1 saturated heterocycles. The van der Waals surface area contributed by atoms with Gasteiger partial charge in [-0.25, -0.2) is 24.0 Å². The summed E-state index contributed by atoms with van der Waals surface area (Å²) in [6.45, 7) is 6.91. The van der Waals surface area contributed by atoms with Crippen LogP contribution >= 0.6 is 0 Å². The van der Waals surface area contributed by atoms with Gasteiger partial charge in [-0.2, -0.15) is 10.2 Å². The van der Waals surface area contributed by atoms with Gasteiger partial charge in [0.2, 0.25) is 0 Å². The zero-order chi connectivity index (χ0) is 27.9. The largest absolute Gasteiger partial charge is 0.363 e. The highest BCUT2D eigenvalue weighted by atomic mass is 19.1. The van der Waals surface area contributed by atoms with Crippen LogP contribution in [0.15, 0.2) is 43.0 Å². The van der Waals surface area contributed by atoms with Gasteiger partial charge in [-0.3, -0.25) is 9.89 Å². The van der Waals surface area contributed by atoms with Gasteiger partial charge in [0.25, 0.3) is 5.91 Å². The molecular weight excluding hydrogens is 513 g/mol. The van der Waals surface area contributed by atoms with Crippen LogP contribution in [0.3, 0.4) is 0 Å². The number of aryl methyl sites for hydroxylation is 2. The molecule has 4 aromatic rings. The summed E-state index contributed by atoms with van der Waals surface area (Å²) in [5.41, 5.74) is 2.72. The van der Waals surface area contributed by atoms with Gasteiger partial charge in [0.1, 0.15) is 11.4 Å². The van der Waals surface area contributed by atoms with Gasteiger partial charge < -0.3 is 15.0 Å². The van der Waals surface area contributed by atoms with Crippen molar-refractivity contribution in [2.45, 2.75) is 64.0 Å². The average Bonchev–Trinajstić information content (AvgIpc) is 3.59. The molecule has 1 amide bonds. The van der Waals surface area contributed by atoms with Crippen molar-refractivity contribution in [3.63, 3.8) is 0 Å². The van der Waals surface area contributed by atoms with Crippen molar-refractivity contribution in [1.82, 2.24) is 39.8 Å². The van der Waals surface area contributed by atoms with Crippen molar-refractivity contribution in [3.8, 4) is 5.82 Å². The van der Waals surface area contributed by atoms with E-state index in [4.69, 9.17) is 9.72 Å². The van der Waals surface area contributed by atoms with E-state index in [1.165, 1.54) is 10.9 Å². The summed E-state index contributed by atoms with van der Waals surface area (Å²) in [5.74, 6) is 1.80. The lowest BCUT2D eigenvalue weighted by Gasteiger charge is -2.46. The van der Waals surface area contributed by atoms with E-state index in [0.717, 1.165) is 53.3 Å². The van der Waals surface area contributed by atoms with Crippen molar-refractivity contribution in [2.75, 3.05) is 18.5 Å². The lowest BCUT2D eigenvalue weighted by atomic mass is 9.76. The fraction of sp³-hybridized carbons (Fsp3) is 0.429. The van der Waals surface area contributed by atoms with Crippen molar-refractivity contribution >= 4 is 17.4 Å². The van der Waals surface area contributed by atoms with Crippen LogP contribution < -0.4 is 5.32 Å². The number of nitrogens with zero attached hydrogens (tertiary/aromatic N) is 7. The molecule has 1 spiro atoms. The number of carbonyl (C=O) groups excluding carboxylic acids is 1. The lowest BCUT2D eigenvalue weighted by molar-refractivity contribution is -0.181. The molecule has 1 aliphatic heterocycles. The van der Waals surface area contributed by atoms with Crippen LogP contribution in [-0.4, -0.2) is 64.5 Å². The lowest BCUT2D eigenvalue weighted by Crippen LogP contribution is -2.58. The number of carbonyl (C=O) groups is 1. The molecule has 1 atom stereocenters. The highest BCUT2D eigenvalue weighted by Crippen LogP contribution is 2.43. The molecule has 1 aliphatic carbocycles. The normalized spacial score (nSPS) is 22.1. The van der Waals surface area contributed by atoms with Crippen LogP contribution in [0.25, 0.3) is 5.82 Å². The van der Waals surface area contributed by atoms with E-state index in [-0.39, 0.29) is 17.9 Å². The Morgan fingerprint density at radius 2 is 2.00 bits per heavy atom. The number of hydrogen-bond donors (Lipinski definition) is 2. The van der Waals surface area contributed by atoms with E-state index in [1.807, 2.05) is 37.8 Å². The Morgan fingerprint density at radius 3 is 2.65 bits per heavy atom. The van der Waals surface area contributed by atoms with Crippen molar-refractivity contribution in [3.05, 3.63) is 71.6 Å². The Bertz CT molecular complexity index is 1510. The Kier molecular flexibility index (Phi) is 6.78. The highest BCUT2D eigenvalue weighted by molar-refractivity contribution is 5.86. The fourth-order valence-electron chi connectivity index (χ4n) is 5.65. The second-order valence-electron chi connectivity index (χ2n) is 10.6. The molecule has 0 aromatic carbocycles. The third-order valence-electron chi connectivity index (χ3n) is 7.99. The SMILES string of the molecule is Cc1cc(Nc2cnc([C@H]3CC[C@]4(CC3)OCCN([C@@H](C)c3ccc(-n5cc(F)cn5)nc3)C4=O)nc2C)n[nH]1. The van der Waals surface area contributed by atoms with Gasteiger partial charge >= 0.3 is 0 Å². The van der Waals surface area contributed by atoms with E-state index in [9.17, 15) is 9.18 Å². The first-order valence-corrected chi connectivity index (χ1v) is 13.6. The smallest absolute Gasteiger partial charge is 0.255 e. The Hall–Kier alpha value is -4.19.